The molecule has 0 radical (unpaired) electrons. The number of carbonyl (C=O) groups is 1. The molecular weight excluding hydrogens is 226 g/mol. The lowest BCUT2D eigenvalue weighted by Crippen LogP contribution is -2.09. The molecule has 92 valence electrons. The summed E-state index contributed by atoms with van der Waals surface area (Å²) in [6, 6.07) is 7.92. The molecular formula is C14H15N3O. The van der Waals surface area contributed by atoms with Gasteiger partial charge in [0.1, 0.15) is 5.69 Å². The molecule has 0 N–H and O–H groups in total. The molecule has 0 aliphatic carbocycles. The minimum Gasteiger partial charge on any atom is -0.378 e. The highest BCUT2D eigenvalue weighted by Crippen LogP contribution is 2.13. The molecule has 0 fully saturated rings. The van der Waals surface area contributed by atoms with Gasteiger partial charge in [-0.1, -0.05) is 12.1 Å². The molecule has 2 aromatic rings. The number of rotatable bonds is 4. The van der Waals surface area contributed by atoms with Gasteiger partial charge in [-0.15, -0.1) is 0 Å². The van der Waals surface area contributed by atoms with Gasteiger partial charge in [-0.05, 0) is 17.7 Å². The van der Waals surface area contributed by atoms with Gasteiger partial charge in [0, 0.05) is 38.6 Å². The summed E-state index contributed by atoms with van der Waals surface area (Å²) < 4.78 is 0. The molecule has 0 spiro atoms. The molecule has 0 saturated heterocycles. The second-order valence-electron chi connectivity index (χ2n) is 4.25. The average molecular weight is 241 g/mol. The Bertz CT molecular complexity index is 520. The van der Waals surface area contributed by atoms with Crippen LogP contribution in [-0.2, 0) is 6.42 Å². The second-order valence-corrected chi connectivity index (χ2v) is 4.25. The topological polar surface area (TPSA) is 46.1 Å². The standard InChI is InChI=1S/C14H15N3O/c1-17(2)12-5-3-11(4-6-12)9-14(18)13-10-15-7-8-16-13/h3-8,10H,9H2,1-2H3. The van der Waals surface area contributed by atoms with E-state index in [-0.39, 0.29) is 5.78 Å². The molecule has 1 heterocycles. The van der Waals surface area contributed by atoms with Gasteiger partial charge in [0.15, 0.2) is 5.78 Å². The van der Waals surface area contributed by atoms with E-state index in [0.29, 0.717) is 12.1 Å². The lowest BCUT2D eigenvalue weighted by atomic mass is 10.1. The van der Waals surface area contributed by atoms with Crippen LogP contribution in [-0.4, -0.2) is 29.8 Å². The van der Waals surface area contributed by atoms with Crippen molar-refractivity contribution < 1.29 is 4.79 Å². The van der Waals surface area contributed by atoms with Crippen LogP contribution in [0.3, 0.4) is 0 Å². The van der Waals surface area contributed by atoms with E-state index in [4.69, 9.17) is 0 Å². The van der Waals surface area contributed by atoms with Crippen LogP contribution in [0.2, 0.25) is 0 Å². The van der Waals surface area contributed by atoms with Crippen molar-refractivity contribution >= 4 is 11.5 Å². The molecule has 0 aliphatic rings. The fraction of sp³-hybridized carbons (Fsp3) is 0.214. The van der Waals surface area contributed by atoms with Crippen LogP contribution >= 0.6 is 0 Å². The first-order valence-corrected chi connectivity index (χ1v) is 5.72. The summed E-state index contributed by atoms with van der Waals surface area (Å²) in [6.07, 6.45) is 4.94. The van der Waals surface area contributed by atoms with Crippen LogP contribution in [0.15, 0.2) is 42.9 Å². The lowest BCUT2D eigenvalue weighted by Gasteiger charge is -2.12. The monoisotopic (exact) mass is 241 g/mol. The van der Waals surface area contributed by atoms with Crippen molar-refractivity contribution in [3.8, 4) is 0 Å². The predicted molar refractivity (Wildman–Crippen MR) is 70.8 cm³/mol. The van der Waals surface area contributed by atoms with Gasteiger partial charge in [-0.2, -0.15) is 0 Å². The van der Waals surface area contributed by atoms with Crippen LogP contribution in [0, 0.1) is 0 Å². The molecule has 0 unspecified atom stereocenters. The Morgan fingerprint density at radius 1 is 1.17 bits per heavy atom. The smallest absolute Gasteiger partial charge is 0.187 e. The maximum Gasteiger partial charge on any atom is 0.187 e. The fourth-order valence-corrected chi connectivity index (χ4v) is 1.63. The van der Waals surface area contributed by atoms with E-state index >= 15 is 0 Å². The molecule has 2 rings (SSSR count). The number of aromatic nitrogens is 2. The Morgan fingerprint density at radius 3 is 2.44 bits per heavy atom. The molecule has 18 heavy (non-hydrogen) atoms. The van der Waals surface area contributed by atoms with E-state index in [2.05, 4.69) is 9.97 Å². The van der Waals surface area contributed by atoms with E-state index in [1.165, 1.54) is 12.4 Å². The summed E-state index contributed by atoms with van der Waals surface area (Å²) >= 11 is 0. The van der Waals surface area contributed by atoms with E-state index in [1.807, 2.05) is 43.3 Å². The SMILES string of the molecule is CN(C)c1ccc(CC(=O)c2cnccn2)cc1. The minimum atomic E-state index is -0.0132. The van der Waals surface area contributed by atoms with Crippen molar-refractivity contribution in [2.45, 2.75) is 6.42 Å². The Kier molecular flexibility index (Phi) is 3.67. The summed E-state index contributed by atoms with van der Waals surface area (Å²) in [6.45, 7) is 0. The summed E-state index contributed by atoms with van der Waals surface area (Å²) in [5.41, 5.74) is 2.51. The molecule has 4 heteroatoms. The lowest BCUT2D eigenvalue weighted by molar-refractivity contribution is 0.0988. The quantitative estimate of drug-likeness (QED) is 0.768. The highest BCUT2D eigenvalue weighted by atomic mass is 16.1. The summed E-state index contributed by atoms with van der Waals surface area (Å²) in [5, 5.41) is 0. The van der Waals surface area contributed by atoms with E-state index in [1.54, 1.807) is 6.20 Å². The zero-order valence-electron chi connectivity index (χ0n) is 10.5. The summed E-state index contributed by atoms with van der Waals surface area (Å²) in [5.74, 6) is -0.0132. The first kappa shape index (κ1) is 12.2. The van der Waals surface area contributed by atoms with Crippen LogP contribution in [0.1, 0.15) is 16.1 Å². The van der Waals surface area contributed by atoms with Gasteiger partial charge in [-0.3, -0.25) is 9.78 Å². The van der Waals surface area contributed by atoms with Crippen molar-refractivity contribution in [1.29, 1.82) is 0 Å². The van der Waals surface area contributed by atoms with Gasteiger partial charge in [0.05, 0.1) is 6.20 Å². The molecule has 0 bridgehead atoms. The zero-order valence-corrected chi connectivity index (χ0v) is 10.5. The van der Waals surface area contributed by atoms with Crippen molar-refractivity contribution in [2.24, 2.45) is 0 Å². The number of anilines is 1. The van der Waals surface area contributed by atoms with Crippen molar-refractivity contribution in [3.63, 3.8) is 0 Å². The normalized spacial score (nSPS) is 10.1. The maximum absolute atomic E-state index is 11.9. The molecule has 0 aliphatic heterocycles. The van der Waals surface area contributed by atoms with E-state index in [0.717, 1.165) is 11.3 Å². The highest BCUT2D eigenvalue weighted by Gasteiger charge is 2.08. The Labute approximate surface area is 106 Å². The average Bonchev–Trinajstić information content (AvgIpc) is 2.40. The number of carbonyl (C=O) groups excluding carboxylic acids is 1. The number of benzene rings is 1. The number of hydrogen-bond acceptors (Lipinski definition) is 4. The summed E-state index contributed by atoms with van der Waals surface area (Å²) in [4.78, 5) is 21.8. The Balaban J connectivity index is 2.08. The molecule has 1 aromatic carbocycles. The van der Waals surface area contributed by atoms with Gasteiger partial charge >= 0.3 is 0 Å². The van der Waals surface area contributed by atoms with Crippen molar-refractivity contribution in [2.75, 3.05) is 19.0 Å². The number of hydrogen-bond donors (Lipinski definition) is 0. The van der Waals surface area contributed by atoms with E-state index < -0.39 is 0 Å². The molecule has 0 atom stereocenters. The van der Waals surface area contributed by atoms with Crippen molar-refractivity contribution in [3.05, 3.63) is 54.1 Å². The minimum absolute atomic E-state index is 0.0132. The van der Waals surface area contributed by atoms with Gasteiger partial charge < -0.3 is 4.90 Å². The third kappa shape index (κ3) is 2.91. The van der Waals surface area contributed by atoms with Crippen LogP contribution < -0.4 is 4.90 Å². The number of Topliss-reactive ketones (excluding diaryl/α,β-unsaturated/α-hetero) is 1. The fourth-order valence-electron chi connectivity index (χ4n) is 1.63. The van der Waals surface area contributed by atoms with Crippen LogP contribution in [0.25, 0.3) is 0 Å². The Hall–Kier alpha value is -2.23. The first-order valence-electron chi connectivity index (χ1n) is 5.72. The van der Waals surface area contributed by atoms with Crippen molar-refractivity contribution in [1.82, 2.24) is 9.97 Å². The molecule has 0 saturated carbocycles. The Morgan fingerprint density at radius 2 is 1.89 bits per heavy atom. The third-order valence-electron chi connectivity index (χ3n) is 2.67. The second kappa shape index (κ2) is 5.40. The van der Waals surface area contributed by atoms with Gasteiger partial charge in [0.25, 0.3) is 0 Å². The van der Waals surface area contributed by atoms with E-state index in [9.17, 15) is 4.79 Å². The largest absolute Gasteiger partial charge is 0.378 e. The highest BCUT2D eigenvalue weighted by molar-refractivity contribution is 5.95. The molecule has 4 nitrogen and oxygen atoms in total. The number of nitrogens with zero attached hydrogens (tertiary/aromatic N) is 3. The summed E-state index contributed by atoms with van der Waals surface area (Å²) in [7, 11) is 3.97. The molecule has 0 amide bonds. The zero-order chi connectivity index (χ0) is 13.0. The predicted octanol–water partition coefficient (Wildman–Crippen LogP) is 1.97. The number of ketones is 1. The van der Waals surface area contributed by atoms with Gasteiger partial charge in [0.2, 0.25) is 0 Å². The third-order valence-corrected chi connectivity index (χ3v) is 2.67. The van der Waals surface area contributed by atoms with Gasteiger partial charge in [-0.25, -0.2) is 4.98 Å². The first-order chi connectivity index (χ1) is 8.66. The van der Waals surface area contributed by atoms with Crippen LogP contribution in [0.5, 0.6) is 0 Å². The molecule has 1 aromatic heterocycles. The van der Waals surface area contributed by atoms with Crippen LogP contribution in [0.4, 0.5) is 5.69 Å². The maximum atomic E-state index is 11.9.